The maximum Gasteiger partial charge on any atom is 0.289 e. The lowest BCUT2D eigenvalue weighted by Crippen LogP contribution is -2.35. The molecule has 8 heteroatoms. The molecular weight excluding hydrogens is 294 g/mol. The molecule has 1 aromatic rings. The SMILES string of the molecule is CCC(C)CN(CC)S(=O)(=O)c1cc(N)ccc1[N+](=O)[O-]. The number of benzene rings is 1. The number of hydrogen-bond donors (Lipinski definition) is 1. The largest absolute Gasteiger partial charge is 0.399 e. The first-order valence-electron chi connectivity index (χ1n) is 6.78. The third-order valence-corrected chi connectivity index (χ3v) is 5.33. The predicted molar refractivity (Wildman–Crippen MR) is 81.4 cm³/mol. The highest BCUT2D eigenvalue weighted by Gasteiger charge is 2.31. The van der Waals surface area contributed by atoms with Gasteiger partial charge in [-0.1, -0.05) is 27.2 Å². The molecule has 0 aliphatic carbocycles. The Bertz CT molecular complexity index is 616. The topological polar surface area (TPSA) is 107 Å². The van der Waals surface area contributed by atoms with Crippen LogP contribution in [0.25, 0.3) is 0 Å². The highest BCUT2D eigenvalue weighted by atomic mass is 32.2. The summed E-state index contributed by atoms with van der Waals surface area (Å²) in [6.45, 7) is 6.18. The van der Waals surface area contributed by atoms with Gasteiger partial charge in [0, 0.05) is 24.8 Å². The third kappa shape index (κ3) is 3.92. The van der Waals surface area contributed by atoms with Crippen LogP contribution in [0, 0.1) is 16.0 Å². The van der Waals surface area contributed by atoms with Crippen LogP contribution < -0.4 is 5.73 Å². The predicted octanol–water partition coefficient (Wildman–Crippen LogP) is 2.23. The minimum absolute atomic E-state index is 0.167. The average molecular weight is 315 g/mol. The van der Waals surface area contributed by atoms with E-state index < -0.39 is 20.6 Å². The number of hydrogen-bond acceptors (Lipinski definition) is 5. The molecule has 2 N–H and O–H groups in total. The van der Waals surface area contributed by atoms with Gasteiger partial charge in [-0.05, 0) is 18.1 Å². The fourth-order valence-corrected chi connectivity index (χ4v) is 3.66. The van der Waals surface area contributed by atoms with Gasteiger partial charge in [0.05, 0.1) is 4.92 Å². The van der Waals surface area contributed by atoms with E-state index in [-0.39, 0.29) is 23.0 Å². The van der Waals surface area contributed by atoms with E-state index in [1.54, 1.807) is 6.92 Å². The lowest BCUT2D eigenvalue weighted by atomic mass is 10.1. The molecule has 0 fully saturated rings. The van der Waals surface area contributed by atoms with Gasteiger partial charge in [-0.2, -0.15) is 4.31 Å². The van der Waals surface area contributed by atoms with Crippen LogP contribution in [0.3, 0.4) is 0 Å². The van der Waals surface area contributed by atoms with Crippen molar-refractivity contribution in [3.8, 4) is 0 Å². The minimum atomic E-state index is -3.94. The van der Waals surface area contributed by atoms with Crippen molar-refractivity contribution in [1.29, 1.82) is 0 Å². The lowest BCUT2D eigenvalue weighted by molar-refractivity contribution is -0.387. The number of nitro benzene ring substituents is 1. The van der Waals surface area contributed by atoms with Crippen LogP contribution in [0.5, 0.6) is 0 Å². The molecule has 1 atom stereocenters. The van der Waals surface area contributed by atoms with E-state index in [0.717, 1.165) is 18.6 Å². The van der Waals surface area contributed by atoms with Crippen molar-refractivity contribution in [3.63, 3.8) is 0 Å². The van der Waals surface area contributed by atoms with Gasteiger partial charge in [-0.25, -0.2) is 8.42 Å². The summed E-state index contributed by atoms with van der Waals surface area (Å²) in [4.78, 5) is 10.00. The molecule has 0 heterocycles. The quantitative estimate of drug-likeness (QED) is 0.472. The molecule has 0 aliphatic heterocycles. The molecule has 1 unspecified atom stereocenters. The Hall–Kier alpha value is -1.67. The van der Waals surface area contributed by atoms with Gasteiger partial charge in [-0.3, -0.25) is 10.1 Å². The number of nitrogens with zero attached hydrogens (tertiary/aromatic N) is 2. The summed E-state index contributed by atoms with van der Waals surface area (Å²) in [7, 11) is -3.94. The Morgan fingerprint density at radius 3 is 2.48 bits per heavy atom. The molecule has 0 aromatic heterocycles. The molecule has 0 aliphatic rings. The van der Waals surface area contributed by atoms with Gasteiger partial charge in [0.2, 0.25) is 10.0 Å². The van der Waals surface area contributed by atoms with Gasteiger partial charge in [0.1, 0.15) is 0 Å². The molecular formula is C13H21N3O4S. The molecule has 1 aromatic carbocycles. The molecule has 7 nitrogen and oxygen atoms in total. The van der Waals surface area contributed by atoms with Crippen molar-refractivity contribution >= 4 is 21.4 Å². The number of anilines is 1. The van der Waals surface area contributed by atoms with E-state index in [4.69, 9.17) is 5.73 Å². The molecule has 0 saturated carbocycles. The normalized spacial score (nSPS) is 13.3. The molecule has 1 rings (SSSR count). The van der Waals surface area contributed by atoms with E-state index in [2.05, 4.69) is 0 Å². The summed E-state index contributed by atoms with van der Waals surface area (Å²) in [6.07, 6.45) is 0.824. The number of nitrogen functional groups attached to an aromatic ring is 1. The van der Waals surface area contributed by atoms with Crippen LogP contribution in [0.4, 0.5) is 11.4 Å². The van der Waals surface area contributed by atoms with Crippen molar-refractivity contribution in [2.45, 2.75) is 32.1 Å². The van der Waals surface area contributed by atoms with Crippen LogP contribution in [0.15, 0.2) is 23.1 Å². The number of nitrogens with two attached hydrogens (primary N) is 1. The van der Waals surface area contributed by atoms with Gasteiger partial charge in [-0.15, -0.1) is 0 Å². The number of sulfonamides is 1. The molecule has 118 valence electrons. The Morgan fingerprint density at radius 1 is 1.38 bits per heavy atom. The maximum atomic E-state index is 12.7. The van der Waals surface area contributed by atoms with Crippen LogP contribution in [-0.4, -0.2) is 30.7 Å². The second-order valence-corrected chi connectivity index (χ2v) is 6.86. The fraction of sp³-hybridized carbons (Fsp3) is 0.538. The van der Waals surface area contributed by atoms with E-state index in [9.17, 15) is 18.5 Å². The van der Waals surface area contributed by atoms with E-state index >= 15 is 0 Å². The van der Waals surface area contributed by atoms with Gasteiger partial charge < -0.3 is 5.73 Å². The maximum absolute atomic E-state index is 12.7. The Labute approximate surface area is 124 Å². The second-order valence-electron chi connectivity index (χ2n) is 4.95. The fourth-order valence-electron chi connectivity index (χ4n) is 1.90. The Kier molecular flexibility index (Phi) is 5.68. The summed E-state index contributed by atoms with van der Waals surface area (Å²) < 4.78 is 26.6. The van der Waals surface area contributed by atoms with Crippen LogP contribution >= 0.6 is 0 Å². The van der Waals surface area contributed by atoms with Crippen LogP contribution in [-0.2, 0) is 10.0 Å². The zero-order chi connectivity index (χ0) is 16.2. The highest BCUT2D eigenvalue weighted by Crippen LogP contribution is 2.29. The molecule has 21 heavy (non-hydrogen) atoms. The first kappa shape index (κ1) is 17.4. The van der Waals surface area contributed by atoms with Crippen LogP contribution in [0.1, 0.15) is 27.2 Å². The van der Waals surface area contributed by atoms with Gasteiger partial charge in [0.15, 0.2) is 4.90 Å². The van der Waals surface area contributed by atoms with E-state index in [1.165, 1.54) is 10.4 Å². The second kappa shape index (κ2) is 6.86. The summed E-state index contributed by atoms with van der Waals surface area (Å²) in [6, 6.07) is 3.59. The molecule has 0 amide bonds. The van der Waals surface area contributed by atoms with Crippen LogP contribution in [0.2, 0.25) is 0 Å². The Balaban J connectivity index is 3.34. The van der Waals surface area contributed by atoms with Crippen molar-refractivity contribution in [2.24, 2.45) is 5.92 Å². The van der Waals surface area contributed by atoms with E-state index in [0.29, 0.717) is 6.54 Å². The van der Waals surface area contributed by atoms with Crippen molar-refractivity contribution in [1.82, 2.24) is 4.31 Å². The third-order valence-electron chi connectivity index (χ3n) is 3.36. The monoisotopic (exact) mass is 315 g/mol. The summed E-state index contributed by atoms with van der Waals surface area (Å²) >= 11 is 0. The zero-order valence-corrected chi connectivity index (χ0v) is 13.3. The average Bonchev–Trinajstić information content (AvgIpc) is 2.43. The van der Waals surface area contributed by atoms with Crippen molar-refractivity contribution in [3.05, 3.63) is 28.3 Å². The first-order valence-corrected chi connectivity index (χ1v) is 8.22. The Morgan fingerprint density at radius 2 is 2.00 bits per heavy atom. The number of nitro groups is 1. The molecule has 0 bridgehead atoms. The van der Waals surface area contributed by atoms with Crippen molar-refractivity contribution in [2.75, 3.05) is 18.8 Å². The standard InChI is InChI=1S/C13H21N3O4S/c1-4-10(3)9-15(5-2)21(19,20)13-8-11(14)6-7-12(13)16(17)18/h6-8,10H,4-5,9,14H2,1-3H3. The summed E-state index contributed by atoms with van der Waals surface area (Å²) in [5.41, 5.74) is 5.32. The highest BCUT2D eigenvalue weighted by molar-refractivity contribution is 7.89. The van der Waals surface area contributed by atoms with Crippen molar-refractivity contribution < 1.29 is 13.3 Å². The first-order chi connectivity index (χ1) is 9.73. The molecule has 0 radical (unpaired) electrons. The van der Waals surface area contributed by atoms with Gasteiger partial charge in [0.25, 0.3) is 5.69 Å². The zero-order valence-electron chi connectivity index (χ0n) is 12.4. The minimum Gasteiger partial charge on any atom is -0.399 e. The summed E-state index contributed by atoms with van der Waals surface area (Å²) in [5, 5.41) is 11.1. The smallest absolute Gasteiger partial charge is 0.289 e. The van der Waals surface area contributed by atoms with E-state index in [1.807, 2.05) is 13.8 Å². The molecule has 0 spiro atoms. The number of rotatable bonds is 7. The van der Waals surface area contributed by atoms with Gasteiger partial charge >= 0.3 is 0 Å². The molecule has 0 saturated heterocycles. The lowest BCUT2D eigenvalue weighted by Gasteiger charge is -2.23. The summed E-state index contributed by atoms with van der Waals surface area (Å²) in [5.74, 6) is 0.167.